The maximum absolute atomic E-state index is 12.7. The molecular weight excluding hydrogens is 418 g/mol. The van der Waals surface area contributed by atoms with E-state index in [1.54, 1.807) is 24.3 Å². The summed E-state index contributed by atoms with van der Waals surface area (Å²) >= 11 is 0. The lowest BCUT2D eigenvalue weighted by molar-refractivity contribution is -0.122. The van der Waals surface area contributed by atoms with Gasteiger partial charge in [0.1, 0.15) is 0 Å². The van der Waals surface area contributed by atoms with Crippen molar-refractivity contribution in [2.45, 2.75) is 12.8 Å². The molecule has 0 spiro atoms. The minimum absolute atomic E-state index is 0.203. The summed E-state index contributed by atoms with van der Waals surface area (Å²) < 4.78 is 5.20. The maximum atomic E-state index is 12.7. The lowest BCUT2D eigenvalue weighted by Crippen LogP contribution is -2.30. The summed E-state index contributed by atoms with van der Waals surface area (Å²) in [5, 5.41) is 1.96. The Hall–Kier alpha value is -4.06. The van der Waals surface area contributed by atoms with E-state index in [0.717, 1.165) is 10.8 Å². The highest BCUT2D eigenvalue weighted by Crippen LogP contribution is 2.37. The number of anilines is 1. The van der Waals surface area contributed by atoms with Crippen LogP contribution in [0.25, 0.3) is 10.8 Å². The van der Waals surface area contributed by atoms with Crippen LogP contribution in [0.3, 0.4) is 0 Å². The molecule has 2 amide bonds. The van der Waals surface area contributed by atoms with Crippen molar-refractivity contribution in [1.29, 1.82) is 0 Å². The van der Waals surface area contributed by atoms with Crippen LogP contribution in [0.1, 0.15) is 33.6 Å². The Kier molecular flexibility index (Phi) is 5.34. The van der Waals surface area contributed by atoms with Crippen LogP contribution in [-0.2, 0) is 14.3 Å². The van der Waals surface area contributed by atoms with Crippen LogP contribution in [0.4, 0.5) is 5.69 Å². The minimum Gasteiger partial charge on any atom is -0.454 e. The Morgan fingerprint density at radius 1 is 0.788 bits per heavy atom. The molecule has 5 rings (SSSR count). The number of rotatable bonds is 5. The third-order valence-electron chi connectivity index (χ3n) is 6.27. The molecule has 6 nitrogen and oxygen atoms in total. The van der Waals surface area contributed by atoms with E-state index in [1.165, 1.54) is 17.0 Å². The molecule has 1 heterocycles. The molecular formula is C27H21NO5. The topological polar surface area (TPSA) is 80.8 Å². The van der Waals surface area contributed by atoms with Gasteiger partial charge in [0, 0.05) is 5.56 Å². The molecule has 164 valence electrons. The lowest BCUT2D eigenvalue weighted by atomic mass is 9.85. The van der Waals surface area contributed by atoms with Crippen LogP contribution in [-0.4, -0.2) is 30.2 Å². The first kappa shape index (κ1) is 20.8. The fourth-order valence-corrected chi connectivity index (χ4v) is 4.46. The largest absolute Gasteiger partial charge is 0.454 e. The number of imide groups is 1. The average Bonchev–Trinajstić information content (AvgIpc) is 3.12. The Balaban J connectivity index is 1.24. The molecule has 0 unspecified atom stereocenters. The number of ketones is 1. The Labute approximate surface area is 190 Å². The monoisotopic (exact) mass is 439 g/mol. The molecule has 0 radical (unpaired) electrons. The highest BCUT2D eigenvalue weighted by atomic mass is 16.5. The number of amides is 2. The molecule has 2 atom stereocenters. The van der Waals surface area contributed by atoms with Gasteiger partial charge >= 0.3 is 5.97 Å². The summed E-state index contributed by atoms with van der Waals surface area (Å²) in [4.78, 5) is 51.5. The van der Waals surface area contributed by atoms with Gasteiger partial charge in [0.15, 0.2) is 12.4 Å². The number of Topliss-reactive ketones (excluding diaryl/α,β-unsaturated/α-hetero) is 1. The van der Waals surface area contributed by atoms with Crippen LogP contribution in [0, 0.1) is 11.8 Å². The van der Waals surface area contributed by atoms with Gasteiger partial charge in [0.25, 0.3) is 0 Å². The van der Waals surface area contributed by atoms with Gasteiger partial charge in [-0.05, 0) is 53.9 Å². The van der Waals surface area contributed by atoms with E-state index >= 15 is 0 Å². The van der Waals surface area contributed by atoms with Crippen molar-refractivity contribution in [3.05, 3.63) is 90.0 Å². The molecule has 1 fully saturated rings. The molecule has 1 aliphatic heterocycles. The zero-order valence-corrected chi connectivity index (χ0v) is 17.8. The second-order valence-electron chi connectivity index (χ2n) is 8.28. The highest BCUT2D eigenvalue weighted by molar-refractivity contribution is 6.22. The zero-order valence-electron chi connectivity index (χ0n) is 17.8. The fourth-order valence-electron chi connectivity index (χ4n) is 4.46. The predicted molar refractivity (Wildman–Crippen MR) is 123 cm³/mol. The van der Waals surface area contributed by atoms with E-state index in [2.05, 4.69) is 0 Å². The van der Waals surface area contributed by atoms with Crippen LogP contribution in [0.5, 0.6) is 0 Å². The molecule has 3 aromatic carbocycles. The number of fused-ring (bicyclic) bond motifs is 2. The van der Waals surface area contributed by atoms with E-state index in [4.69, 9.17) is 4.74 Å². The van der Waals surface area contributed by atoms with Crippen LogP contribution in [0.15, 0.2) is 78.9 Å². The molecule has 1 aliphatic carbocycles. The number of ether oxygens (including phenoxy) is 1. The smallest absolute Gasteiger partial charge is 0.338 e. The molecule has 0 bridgehead atoms. The second kappa shape index (κ2) is 8.47. The average molecular weight is 439 g/mol. The molecule has 1 saturated heterocycles. The number of benzene rings is 3. The van der Waals surface area contributed by atoms with Crippen molar-refractivity contribution in [2.24, 2.45) is 11.8 Å². The standard InChI is InChI=1S/C27H21NO5/c29-24(20-10-9-17-5-1-2-6-19(17)15-20)16-33-27(32)18-11-13-21(14-12-18)28-25(30)22-7-3-4-8-23(22)26(28)31/h1-6,9-15,22-23H,7-8,16H2/t22-,23-/m0/s1. The molecule has 3 aromatic rings. The highest BCUT2D eigenvalue weighted by Gasteiger charge is 2.47. The molecule has 6 heteroatoms. The Bertz CT molecular complexity index is 1280. The van der Waals surface area contributed by atoms with Crippen molar-refractivity contribution < 1.29 is 23.9 Å². The third kappa shape index (κ3) is 3.84. The SMILES string of the molecule is O=C(COC(=O)c1ccc(N2C(=O)[C@H]3CC=CC[C@@H]3C2=O)cc1)c1ccc2ccccc2c1. The number of allylic oxidation sites excluding steroid dienone is 2. The van der Waals surface area contributed by atoms with Crippen molar-refractivity contribution in [1.82, 2.24) is 0 Å². The minimum atomic E-state index is -0.646. The molecule has 0 aromatic heterocycles. The number of hydrogen-bond donors (Lipinski definition) is 0. The Morgan fingerprint density at radius 3 is 2.06 bits per heavy atom. The molecule has 2 aliphatic rings. The third-order valence-corrected chi connectivity index (χ3v) is 6.27. The summed E-state index contributed by atoms with van der Waals surface area (Å²) in [5.41, 5.74) is 1.14. The number of nitrogens with zero attached hydrogens (tertiary/aromatic N) is 1. The summed E-state index contributed by atoms with van der Waals surface area (Å²) in [6.07, 6.45) is 5.02. The molecule has 0 saturated carbocycles. The summed E-state index contributed by atoms with van der Waals surface area (Å²) in [6.45, 7) is -0.377. The zero-order chi connectivity index (χ0) is 22.9. The van der Waals surface area contributed by atoms with Gasteiger partial charge in [-0.2, -0.15) is 0 Å². The van der Waals surface area contributed by atoms with E-state index in [0.29, 0.717) is 24.1 Å². The van der Waals surface area contributed by atoms with Gasteiger partial charge in [0.2, 0.25) is 11.8 Å². The normalized spacial score (nSPS) is 19.6. The number of esters is 1. The number of hydrogen-bond acceptors (Lipinski definition) is 5. The van der Waals surface area contributed by atoms with Gasteiger partial charge in [-0.3, -0.25) is 19.3 Å². The summed E-state index contributed by atoms with van der Waals surface area (Å²) in [7, 11) is 0. The van der Waals surface area contributed by atoms with Crippen LogP contribution >= 0.6 is 0 Å². The van der Waals surface area contributed by atoms with Crippen LogP contribution in [0.2, 0.25) is 0 Å². The van der Waals surface area contributed by atoms with E-state index in [-0.39, 0.29) is 41.6 Å². The van der Waals surface area contributed by atoms with E-state index < -0.39 is 5.97 Å². The van der Waals surface area contributed by atoms with Crippen molar-refractivity contribution in [3.63, 3.8) is 0 Å². The summed E-state index contributed by atoms with van der Waals surface area (Å²) in [5.74, 6) is -1.97. The van der Waals surface area contributed by atoms with Crippen molar-refractivity contribution >= 4 is 40.0 Å². The quantitative estimate of drug-likeness (QED) is 0.256. The van der Waals surface area contributed by atoms with Crippen molar-refractivity contribution in [2.75, 3.05) is 11.5 Å². The fraction of sp³-hybridized carbons (Fsp3) is 0.185. The first-order chi connectivity index (χ1) is 16.0. The van der Waals surface area contributed by atoms with E-state index in [9.17, 15) is 19.2 Å². The van der Waals surface area contributed by atoms with Crippen LogP contribution < -0.4 is 4.90 Å². The van der Waals surface area contributed by atoms with Crippen molar-refractivity contribution in [3.8, 4) is 0 Å². The van der Waals surface area contributed by atoms with Gasteiger partial charge in [-0.1, -0.05) is 48.6 Å². The van der Waals surface area contributed by atoms with E-state index in [1.807, 2.05) is 42.5 Å². The first-order valence-corrected chi connectivity index (χ1v) is 10.8. The van der Waals surface area contributed by atoms with Gasteiger partial charge < -0.3 is 4.74 Å². The Morgan fingerprint density at radius 2 is 1.39 bits per heavy atom. The van der Waals surface area contributed by atoms with Gasteiger partial charge in [0.05, 0.1) is 23.1 Å². The predicted octanol–water partition coefficient (Wildman–Crippen LogP) is 4.34. The number of carbonyl (C=O) groups excluding carboxylic acids is 4. The number of carbonyl (C=O) groups is 4. The van der Waals surface area contributed by atoms with Gasteiger partial charge in [-0.15, -0.1) is 0 Å². The summed E-state index contributed by atoms with van der Waals surface area (Å²) in [6, 6.07) is 19.2. The van der Waals surface area contributed by atoms with Gasteiger partial charge in [-0.25, -0.2) is 4.79 Å². The maximum Gasteiger partial charge on any atom is 0.338 e. The first-order valence-electron chi connectivity index (χ1n) is 10.8. The molecule has 0 N–H and O–H groups in total. The second-order valence-corrected chi connectivity index (χ2v) is 8.28. The lowest BCUT2D eigenvalue weighted by Gasteiger charge is -2.15. The molecule has 33 heavy (non-hydrogen) atoms.